The Morgan fingerprint density at radius 2 is 1.50 bits per heavy atom. The Morgan fingerprint density at radius 1 is 0.964 bits per heavy atom. The van der Waals surface area contributed by atoms with Crippen LogP contribution in [-0.2, 0) is 19.7 Å². The second-order valence-corrected chi connectivity index (χ2v) is 10.5. The molecule has 0 heterocycles. The Morgan fingerprint density at radius 3 is 2.00 bits per heavy atom. The summed E-state index contributed by atoms with van der Waals surface area (Å²) in [6, 6.07) is 19.9. The lowest BCUT2D eigenvalue weighted by molar-refractivity contribution is -0.153. The number of fused-ring (bicyclic) bond motifs is 2. The summed E-state index contributed by atoms with van der Waals surface area (Å²) in [5.41, 5.74) is 1.30. The highest BCUT2D eigenvalue weighted by atomic mass is 79.9. The monoisotopic (exact) mass is 502 g/mol. The number of hydrogen-bond donors (Lipinski definition) is 0. The van der Waals surface area contributed by atoms with Crippen LogP contribution in [0.4, 0.5) is 0 Å². The first-order chi connectivity index (χ1) is 13.4. The molecule has 0 bridgehead atoms. The SMILES string of the molecule is CCO[C@H]1C[C@H]2C(=O)[C@@H]3C(c4ccccc4)(c4ccccc4)[C@]3(Br)C(=O)[C@@]12Br. The average Bonchev–Trinajstić information content (AvgIpc) is 3.32. The molecule has 0 aliphatic heterocycles. The molecule has 2 aromatic carbocycles. The van der Waals surface area contributed by atoms with Crippen LogP contribution in [0.1, 0.15) is 24.5 Å². The summed E-state index contributed by atoms with van der Waals surface area (Å²) in [6.07, 6.45) is 0.335. The van der Waals surface area contributed by atoms with E-state index in [9.17, 15) is 9.59 Å². The highest BCUT2D eigenvalue weighted by molar-refractivity contribution is 9.11. The number of rotatable bonds is 4. The highest BCUT2D eigenvalue weighted by Gasteiger charge is 2.90. The Hall–Kier alpha value is -1.30. The van der Waals surface area contributed by atoms with Crippen molar-refractivity contribution in [1.82, 2.24) is 0 Å². The fourth-order valence-electron chi connectivity index (χ4n) is 5.60. The first kappa shape index (κ1) is 18.7. The number of halogens is 2. The lowest BCUT2D eigenvalue weighted by atomic mass is 9.62. The summed E-state index contributed by atoms with van der Waals surface area (Å²) in [4.78, 5) is 27.6. The maximum Gasteiger partial charge on any atom is 0.171 e. The van der Waals surface area contributed by atoms with Crippen molar-refractivity contribution < 1.29 is 14.3 Å². The molecule has 5 heteroatoms. The van der Waals surface area contributed by atoms with Crippen LogP contribution in [-0.4, -0.2) is 32.9 Å². The smallest absolute Gasteiger partial charge is 0.171 e. The van der Waals surface area contributed by atoms with E-state index in [0.29, 0.717) is 13.0 Å². The fraction of sp³-hybridized carbons (Fsp3) is 0.391. The van der Waals surface area contributed by atoms with E-state index in [0.717, 1.165) is 11.1 Å². The second-order valence-electron chi connectivity index (χ2n) is 7.92. The van der Waals surface area contributed by atoms with Gasteiger partial charge in [0.1, 0.15) is 14.4 Å². The van der Waals surface area contributed by atoms with Crippen LogP contribution < -0.4 is 0 Å². The highest BCUT2D eigenvalue weighted by Crippen LogP contribution is 2.78. The summed E-state index contributed by atoms with van der Waals surface area (Å²) in [7, 11) is 0. The van der Waals surface area contributed by atoms with Crippen LogP contribution in [0.15, 0.2) is 60.7 Å². The van der Waals surface area contributed by atoms with E-state index < -0.39 is 20.0 Å². The topological polar surface area (TPSA) is 43.4 Å². The zero-order valence-corrected chi connectivity index (χ0v) is 18.6. The number of ether oxygens (including phenoxy) is 1. The molecule has 144 valence electrons. The number of ketones is 2. The molecule has 0 radical (unpaired) electrons. The molecule has 2 aromatic rings. The van der Waals surface area contributed by atoms with Gasteiger partial charge in [-0.1, -0.05) is 92.5 Å². The minimum Gasteiger partial charge on any atom is -0.377 e. The van der Waals surface area contributed by atoms with Crippen molar-refractivity contribution in [3.63, 3.8) is 0 Å². The summed E-state index contributed by atoms with van der Waals surface area (Å²) in [5.74, 6) is -0.555. The van der Waals surface area contributed by atoms with E-state index in [1.54, 1.807) is 0 Å². The molecular weight excluding hydrogens is 484 g/mol. The van der Waals surface area contributed by atoms with E-state index in [2.05, 4.69) is 31.9 Å². The average molecular weight is 504 g/mol. The van der Waals surface area contributed by atoms with Gasteiger partial charge in [0.2, 0.25) is 0 Å². The third kappa shape index (κ3) is 1.93. The van der Waals surface area contributed by atoms with Crippen LogP contribution in [0.5, 0.6) is 0 Å². The number of Topliss-reactive ketones (excluding diaryl/α,β-unsaturated/α-hetero) is 2. The van der Waals surface area contributed by atoms with Crippen molar-refractivity contribution in [2.75, 3.05) is 6.61 Å². The third-order valence-electron chi connectivity index (χ3n) is 6.88. The summed E-state index contributed by atoms with van der Waals surface area (Å²) >= 11 is 7.52. The van der Waals surface area contributed by atoms with Gasteiger partial charge in [-0.05, 0) is 24.5 Å². The van der Waals surface area contributed by atoms with Crippen molar-refractivity contribution in [2.45, 2.75) is 33.5 Å². The molecule has 3 aliphatic rings. The molecule has 0 aromatic heterocycles. The third-order valence-corrected chi connectivity index (χ3v) is 9.75. The largest absolute Gasteiger partial charge is 0.377 e. The van der Waals surface area contributed by atoms with E-state index in [1.165, 1.54) is 0 Å². The Labute approximate surface area is 181 Å². The minimum absolute atomic E-state index is 0.0343. The molecule has 3 nitrogen and oxygen atoms in total. The van der Waals surface area contributed by atoms with Gasteiger partial charge in [-0.25, -0.2) is 0 Å². The lowest BCUT2D eigenvalue weighted by Crippen LogP contribution is -2.69. The number of benzene rings is 2. The summed E-state index contributed by atoms with van der Waals surface area (Å²) < 4.78 is 3.92. The molecular formula is C23H20Br2O3. The van der Waals surface area contributed by atoms with Crippen LogP contribution >= 0.6 is 31.9 Å². The second kappa shape index (κ2) is 6.10. The van der Waals surface area contributed by atoms with Gasteiger partial charge < -0.3 is 4.74 Å². The van der Waals surface area contributed by atoms with Gasteiger partial charge in [0.15, 0.2) is 5.78 Å². The van der Waals surface area contributed by atoms with Gasteiger partial charge in [0, 0.05) is 12.5 Å². The van der Waals surface area contributed by atoms with Gasteiger partial charge in [-0.15, -0.1) is 0 Å². The normalized spacial score (nSPS) is 37.6. The van der Waals surface area contributed by atoms with Crippen molar-refractivity contribution in [1.29, 1.82) is 0 Å². The van der Waals surface area contributed by atoms with Gasteiger partial charge in [-0.3, -0.25) is 9.59 Å². The molecule has 28 heavy (non-hydrogen) atoms. The maximum absolute atomic E-state index is 13.9. The molecule has 3 saturated carbocycles. The van der Waals surface area contributed by atoms with E-state index in [-0.39, 0.29) is 23.6 Å². The van der Waals surface area contributed by atoms with Crippen LogP contribution in [0.2, 0.25) is 0 Å². The van der Waals surface area contributed by atoms with E-state index >= 15 is 0 Å². The predicted molar refractivity (Wildman–Crippen MR) is 114 cm³/mol. The number of hydrogen-bond acceptors (Lipinski definition) is 3. The van der Waals surface area contributed by atoms with Crippen molar-refractivity contribution >= 4 is 43.4 Å². The number of alkyl halides is 2. The molecule has 0 unspecified atom stereocenters. The standard InChI is InChI=1S/C23H20Br2O3/c1-2-28-17-13-16-18(26)19-21(14-9-5-3-6-10-14,15-11-7-4-8-12-15)23(19,25)20(27)22(16,17)24/h3-12,16-17,19H,2,13H2,1H3/t16-,17-,19+,22-,23+/m0/s1. The molecule has 0 N–H and O–H groups in total. The fourth-order valence-corrected chi connectivity index (χ4v) is 8.38. The van der Waals surface area contributed by atoms with E-state index in [4.69, 9.17) is 4.74 Å². The predicted octanol–water partition coefficient (Wildman–Crippen LogP) is 4.45. The minimum atomic E-state index is -0.963. The van der Waals surface area contributed by atoms with Gasteiger partial charge in [-0.2, -0.15) is 0 Å². The zero-order valence-electron chi connectivity index (χ0n) is 15.4. The summed E-state index contributed by atoms with van der Waals surface area (Å²) in [6.45, 7) is 2.44. The Bertz CT molecular complexity index is 921. The molecule has 3 fully saturated rings. The molecule has 0 saturated heterocycles. The van der Waals surface area contributed by atoms with Gasteiger partial charge in [0.25, 0.3) is 0 Å². The first-order valence-corrected chi connectivity index (χ1v) is 11.2. The lowest BCUT2D eigenvalue weighted by Gasteiger charge is -2.52. The van der Waals surface area contributed by atoms with Gasteiger partial charge in [0.05, 0.1) is 17.4 Å². The molecule has 3 aliphatic carbocycles. The molecule has 5 rings (SSSR count). The quantitative estimate of drug-likeness (QED) is 0.579. The van der Waals surface area contributed by atoms with Crippen LogP contribution in [0.3, 0.4) is 0 Å². The first-order valence-electron chi connectivity index (χ1n) is 9.64. The Kier molecular flexibility index (Phi) is 4.08. The molecule has 0 spiro atoms. The molecule has 0 amide bonds. The van der Waals surface area contributed by atoms with Crippen molar-refractivity contribution in [3.05, 3.63) is 71.8 Å². The zero-order chi connectivity index (χ0) is 19.7. The Balaban J connectivity index is 1.72. The molecule has 5 atom stereocenters. The van der Waals surface area contributed by atoms with E-state index in [1.807, 2.05) is 67.6 Å². The van der Waals surface area contributed by atoms with Crippen LogP contribution in [0, 0.1) is 11.8 Å². The van der Waals surface area contributed by atoms with Crippen molar-refractivity contribution in [2.24, 2.45) is 11.8 Å². The summed E-state index contributed by atoms with van der Waals surface area (Å²) in [5, 5.41) is 0. The van der Waals surface area contributed by atoms with Gasteiger partial charge >= 0.3 is 0 Å². The van der Waals surface area contributed by atoms with Crippen LogP contribution in [0.25, 0.3) is 0 Å². The maximum atomic E-state index is 13.9. The van der Waals surface area contributed by atoms with Crippen molar-refractivity contribution in [3.8, 4) is 0 Å². The number of carbonyl (C=O) groups excluding carboxylic acids is 2. The number of carbonyl (C=O) groups is 2.